The minimum atomic E-state index is 0.138. The molecule has 2 unspecified atom stereocenters. The number of benzene rings is 1. The van der Waals surface area contributed by atoms with Gasteiger partial charge in [0.2, 0.25) is 5.91 Å². The maximum atomic E-state index is 12.1. The van der Waals surface area contributed by atoms with Gasteiger partial charge in [0.1, 0.15) is 5.75 Å². The average Bonchev–Trinajstić information content (AvgIpc) is 3.14. The van der Waals surface area contributed by atoms with Crippen LogP contribution in [0.25, 0.3) is 0 Å². The zero-order chi connectivity index (χ0) is 13.4. The molecule has 0 spiro atoms. The molecular weight excluding hydrogens is 240 g/mol. The summed E-state index contributed by atoms with van der Waals surface area (Å²) >= 11 is 0. The van der Waals surface area contributed by atoms with Crippen molar-refractivity contribution in [2.24, 2.45) is 17.8 Å². The van der Waals surface area contributed by atoms with Gasteiger partial charge in [-0.05, 0) is 42.9 Å². The van der Waals surface area contributed by atoms with E-state index in [1.807, 2.05) is 0 Å². The first kappa shape index (κ1) is 12.3. The van der Waals surface area contributed by atoms with Crippen molar-refractivity contribution in [3.63, 3.8) is 0 Å². The number of hydrogen-bond acceptors (Lipinski definition) is 3. The van der Waals surface area contributed by atoms with E-state index in [4.69, 9.17) is 5.73 Å². The number of nitrogens with two attached hydrogens (primary N) is 1. The Morgan fingerprint density at radius 3 is 2.68 bits per heavy atom. The third kappa shape index (κ3) is 2.39. The van der Waals surface area contributed by atoms with Crippen molar-refractivity contribution in [3.8, 4) is 5.75 Å². The molecule has 2 fully saturated rings. The number of phenolic OH excluding ortho intramolecular Hbond substituents is 1. The molecule has 0 bridgehead atoms. The summed E-state index contributed by atoms with van der Waals surface area (Å²) in [6.07, 6.45) is 4.93. The SMILES string of the molecule is Nc1ccc(O)c(CNC(=O)C2C3CCCCC32)c1. The van der Waals surface area contributed by atoms with E-state index in [1.165, 1.54) is 25.7 Å². The average molecular weight is 260 g/mol. The summed E-state index contributed by atoms with van der Waals surface area (Å²) in [5, 5.41) is 12.6. The Kier molecular flexibility index (Phi) is 3.09. The summed E-state index contributed by atoms with van der Waals surface area (Å²) in [5.41, 5.74) is 6.95. The number of hydrogen-bond donors (Lipinski definition) is 3. The first-order valence-corrected chi connectivity index (χ1v) is 7.02. The highest BCUT2D eigenvalue weighted by molar-refractivity contribution is 5.82. The highest BCUT2D eigenvalue weighted by Crippen LogP contribution is 2.55. The zero-order valence-corrected chi connectivity index (χ0v) is 10.9. The van der Waals surface area contributed by atoms with Gasteiger partial charge in [0.05, 0.1) is 0 Å². The van der Waals surface area contributed by atoms with Crippen molar-refractivity contribution in [1.82, 2.24) is 5.32 Å². The minimum absolute atomic E-state index is 0.138. The van der Waals surface area contributed by atoms with Crippen LogP contribution in [0.5, 0.6) is 5.75 Å². The molecule has 102 valence electrons. The largest absolute Gasteiger partial charge is 0.508 e. The number of anilines is 1. The number of rotatable bonds is 3. The first-order valence-electron chi connectivity index (χ1n) is 7.02. The Morgan fingerprint density at radius 2 is 2.00 bits per heavy atom. The summed E-state index contributed by atoms with van der Waals surface area (Å²) in [5.74, 6) is 1.76. The second-order valence-corrected chi connectivity index (χ2v) is 5.74. The van der Waals surface area contributed by atoms with Crippen molar-refractivity contribution < 1.29 is 9.90 Å². The Labute approximate surface area is 113 Å². The van der Waals surface area contributed by atoms with Gasteiger partial charge >= 0.3 is 0 Å². The lowest BCUT2D eigenvalue weighted by molar-refractivity contribution is -0.123. The van der Waals surface area contributed by atoms with E-state index in [9.17, 15) is 9.90 Å². The van der Waals surface area contributed by atoms with E-state index in [2.05, 4.69) is 5.32 Å². The van der Waals surface area contributed by atoms with Gasteiger partial charge < -0.3 is 16.2 Å². The predicted molar refractivity (Wildman–Crippen MR) is 73.3 cm³/mol. The maximum Gasteiger partial charge on any atom is 0.223 e. The molecule has 4 heteroatoms. The summed E-state index contributed by atoms with van der Waals surface area (Å²) < 4.78 is 0. The van der Waals surface area contributed by atoms with Crippen molar-refractivity contribution in [2.75, 3.05) is 5.73 Å². The normalized spacial score (nSPS) is 28.5. The molecule has 3 rings (SSSR count). The molecular formula is C15H20N2O2. The van der Waals surface area contributed by atoms with Gasteiger partial charge in [-0.1, -0.05) is 12.8 Å². The standard InChI is InChI=1S/C15H20N2O2/c16-10-5-6-13(18)9(7-10)8-17-15(19)14-11-3-1-2-4-12(11)14/h5-7,11-12,14,18H,1-4,8,16H2,(H,17,19). The molecule has 19 heavy (non-hydrogen) atoms. The van der Waals surface area contributed by atoms with Crippen LogP contribution in [-0.4, -0.2) is 11.0 Å². The molecule has 4 nitrogen and oxygen atoms in total. The Balaban J connectivity index is 1.57. The van der Waals surface area contributed by atoms with Crippen LogP contribution in [0.4, 0.5) is 5.69 Å². The van der Waals surface area contributed by atoms with E-state index in [0.717, 1.165) is 0 Å². The van der Waals surface area contributed by atoms with E-state index >= 15 is 0 Å². The summed E-state index contributed by atoms with van der Waals surface area (Å²) in [7, 11) is 0. The zero-order valence-electron chi connectivity index (χ0n) is 10.9. The fourth-order valence-corrected chi connectivity index (χ4v) is 3.43. The van der Waals surface area contributed by atoms with Crippen molar-refractivity contribution in [1.29, 1.82) is 0 Å². The van der Waals surface area contributed by atoms with E-state index < -0.39 is 0 Å². The quantitative estimate of drug-likeness (QED) is 0.575. The van der Waals surface area contributed by atoms with E-state index in [0.29, 0.717) is 29.6 Å². The number of carbonyl (C=O) groups is 1. The first-order chi connectivity index (χ1) is 9.16. The van der Waals surface area contributed by atoms with E-state index in [-0.39, 0.29) is 17.6 Å². The van der Waals surface area contributed by atoms with Gasteiger partial charge in [-0.3, -0.25) is 4.79 Å². The van der Waals surface area contributed by atoms with Crippen LogP contribution < -0.4 is 11.1 Å². The third-order valence-corrected chi connectivity index (χ3v) is 4.52. The predicted octanol–water partition coefficient (Wildman–Crippen LogP) is 2.03. The second kappa shape index (κ2) is 4.76. The van der Waals surface area contributed by atoms with Crippen molar-refractivity contribution in [2.45, 2.75) is 32.2 Å². The summed E-state index contributed by atoms with van der Waals surface area (Å²) in [4.78, 5) is 12.1. The lowest BCUT2D eigenvalue weighted by Crippen LogP contribution is -2.25. The molecule has 2 saturated carbocycles. The highest BCUT2D eigenvalue weighted by atomic mass is 16.3. The van der Waals surface area contributed by atoms with Crippen LogP contribution in [0.1, 0.15) is 31.2 Å². The minimum Gasteiger partial charge on any atom is -0.508 e. The monoisotopic (exact) mass is 260 g/mol. The van der Waals surface area contributed by atoms with Gasteiger partial charge in [0.25, 0.3) is 0 Å². The molecule has 4 N–H and O–H groups in total. The number of aromatic hydroxyl groups is 1. The number of fused-ring (bicyclic) bond motifs is 1. The van der Waals surface area contributed by atoms with Crippen LogP contribution in [0.15, 0.2) is 18.2 Å². The number of amides is 1. The molecule has 0 heterocycles. The van der Waals surface area contributed by atoms with Gasteiger partial charge in [-0.25, -0.2) is 0 Å². The number of nitrogen functional groups attached to an aromatic ring is 1. The molecule has 2 atom stereocenters. The fourth-order valence-electron chi connectivity index (χ4n) is 3.43. The maximum absolute atomic E-state index is 12.1. The lowest BCUT2D eigenvalue weighted by Gasteiger charge is -2.07. The molecule has 1 aromatic rings. The molecule has 2 aliphatic rings. The van der Waals surface area contributed by atoms with Crippen LogP contribution in [-0.2, 0) is 11.3 Å². The molecule has 0 aliphatic heterocycles. The number of carbonyl (C=O) groups excluding carboxylic acids is 1. The van der Waals surface area contributed by atoms with Gasteiger partial charge in [0, 0.05) is 23.7 Å². The van der Waals surface area contributed by atoms with Crippen molar-refractivity contribution >= 4 is 11.6 Å². The second-order valence-electron chi connectivity index (χ2n) is 5.74. The van der Waals surface area contributed by atoms with Crippen LogP contribution >= 0.6 is 0 Å². The molecule has 1 aromatic carbocycles. The van der Waals surface area contributed by atoms with Crippen LogP contribution in [0.3, 0.4) is 0 Å². The summed E-state index contributed by atoms with van der Waals surface area (Å²) in [6.45, 7) is 0.353. The Bertz CT molecular complexity index is 489. The van der Waals surface area contributed by atoms with Crippen LogP contribution in [0.2, 0.25) is 0 Å². The smallest absolute Gasteiger partial charge is 0.223 e. The van der Waals surface area contributed by atoms with Gasteiger partial charge in [0.15, 0.2) is 0 Å². The van der Waals surface area contributed by atoms with Crippen molar-refractivity contribution in [3.05, 3.63) is 23.8 Å². The Hall–Kier alpha value is -1.71. The molecule has 0 aromatic heterocycles. The Morgan fingerprint density at radius 1 is 1.32 bits per heavy atom. The fraction of sp³-hybridized carbons (Fsp3) is 0.533. The van der Waals surface area contributed by atoms with Crippen LogP contribution in [0, 0.1) is 17.8 Å². The lowest BCUT2D eigenvalue weighted by atomic mass is 10.0. The molecule has 2 aliphatic carbocycles. The van der Waals surface area contributed by atoms with Gasteiger partial charge in [-0.15, -0.1) is 0 Å². The number of phenols is 1. The molecule has 0 saturated heterocycles. The summed E-state index contributed by atoms with van der Waals surface area (Å²) in [6, 6.07) is 4.92. The number of nitrogens with one attached hydrogen (secondary N) is 1. The molecule has 0 radical (unpaired) electrons. The third-order valence-electron chi connectivity index (χ3n) is 4.52. The van der Waals surface area contributed by atoms with E-state index in [1.54, 1.807) is 18.2 Å². The topological polar surface area (TPSA) is 75.3 Å². The van der Waals surface area contributed by atoms with Gasteiger partial charge in [-0.2, -0.15) is 0 Å². The molecule has 1 amide bonds. The highest BCUT2D eigenvalue weighted by Gasteiger charge is 2.54.